The quantitative estimate of drug-likeness (QED) is 0.847. The van der Waals surface area contributed by atoms with Gasteiger partial charge in [-0.1, -0.05) is 33.1 Å². The van der Waals surface area contributed by atoms with Crippen molar-refractivity contribution in [1.82, 2.24) is 10.2 Å². The number of rotatable bonds is 4. The number of hydrogen-bond donors (Lipinski definition) is 1. The maximum atomic E-state index is 12.8. The van der Waals surface area contributed by atoms with Crippen LogP contribution in [0.2, 0.25) is 0 Å². The first kappa shape index (κ1) is 14.8. The van der Waals surface area contributed by atoms with Gasteiger partial charge in [0.25, 0.3) is 0 Å². The Morgan fingerprint density at radius 3 is 2.47 bits per heavy atom. The van der Waals surface area contributed by atoms with Gasteiger partial charge in [-0.05, 0) is 45.4 Å². The van der Waals surface area contributed by atoms with E-state index in [1.807, 2.05) is 0 Å². The van der Waals surface area contributed by atoms with E-state index in [1.54, 1.807) is 0 Å². The molecule has 3 heteroatoms. The molecule has 1 N–H and O–H groups in total. The third-order valence-electron chi connectivity index (χ3n) is 5.39. The van der Waals surface area contributed by atoms with Gasteiger partial charge in [0.05, 0.1) is 11.7 Å². The van der Waals surface area contributed by atoms with Crippen LogP contribution in [0.4, 0.5) is 0 Å². The maximum Gasteiger partial charge on any atom is 0.244 e. The van der Waals surface area contributed by atoms with Crippen LogP contribution >= 0.6 is 0 Å². The van der Waals surface area contributed by atoms with Gasteiger partial charge in [-0.25, -0.2) is 0 Å². The molecule has 3 atom stereocenters. The number of nitrogens with zero attached hydrogens (tertiary/aromatic N) is 1. The molecule has 2 rings (SSSR count). The van der Waals surface area contributed by atoms with Gasteiger partial charge >= 0.3 is 0 Å². The molecule has 3 nitrogen and oxygen atoms in total. The lowest BCUT2D eigenvalue weighted by Crippen LogP contribution is -2.47. The van der Waals surface area contributed by atoms with Crippen LogP contribution in [0.15, 0.2) is 0 Å². The monoisotopic (exact) mass is 266 g/mol. The molecule has 1 aliphatic heterocycles. The Hall–Kier alpha value is -0.570. The van der Waals surface area contributed by atoms with Gasteiger partial charge in [0.1, 0.15) is 0 Å². The van der Waals surface area contributed by atoms with Crippen molar-refractivity contribution in [3.05, 3.63) is 0 Å². The average molecular weight is 266 g/mol. The lowest BCUT2D eigenvalue weighted by molar-refractivity contribution is -0.136. The van der Waals surface area contributed by atoms with Crippen molar-refractivity contribution in [2.75, 3.05) is 0 Å². The summed E-state index contributed by atoms with van der Waals surface area (Å²) in [5, 5.41) is 3.56. The van der Waals surface area contributed by atoms with Gasteiger partial charge in [0, 0.05) is 6.04 Å². The lowest BCUT2D eigenvalue weighted by Gasteiger charge is -2.37. The second kappa shape index (κ2) is 5.82. The van der Waals surface area contributed by atoms with Crippen molar-refractivity contribution in [1.29, 1.82) is 0 Å². The Kier molecular flexibility index (Phi) is 4.54. The van der Waals surface area contributed by atoms with E-state index in [0.29, 0.717) is 17.9 Å². The molecule has 0 aromatic rings. The molecule has 0 aromatic carbocycles. The highest BCUT2D eigenvalue weighted by molar-refractivity contribution is 5.88. The van der Waals surface area contributed by atoms with E-state index in [1.165, 1.54) is 32.1 Å². The highest BCUT2D eigenvalue weighted by Gasteiger charge is 2.48. The fourth-order valence-corrected chi connectivity index (χ4v) is 3.79. The molecular weight excluding hydrogens is 236 g/mol. The summed E-state index contributed by atoms with van der Waals surface area (Å²) >= 11 is 0. The minimum atomic E-state index is -0.344. The minimum absolute atomic E-state index is 0.231. The van der Waals surface area contributed by atoms with E-state index in [-0.39, 0.29) is 11.7 Å². The molecule has 0 aromatic heterocycles. The number of hydrogen-bond acceptors (Lipinski definition) is 2. The Labute approximate surface area is 118 Å². The third kappa shape index (κ3) is 2.67. The van der Waals surface area contributed by atoms with Crippen LogP contribution in [0, 0.1) is 5.92 Å². The van der Waals surface area contributed by atoms with E-state index in [9.17, 15) is 4.79 Å². The van der Waals surface area contributed by atoms with Crippen LogP contribution in [0.3, 0.4) is 0 Å². The zero-order chi connectivity index (χ0) is 14.0. The molecular formula is C16H30N2O. The summed E-state index contributed by atoms with van der Waals surface area (Å²) in [4.78, 5) is 14.9. The molecule has 1 saturated carbocycles. The summed E-state index contributed by atoms with van der Waals surface area (Å²) < 4.78 is 0. The number of carbonyl (C=O) groups excluding carboxylic acids is 1. The predicted octanol–water partition coefficient (Wildman–Crippen LogP) is 3.29. The fraction of sp³-hybridized carbons (Fsp3) is 0.938. The summed E-state index contributed by atoms with van der Waals surface area (Å²) in [5.74, 6) is 1.02. The average Bonchev–Trinajstić information content (AvgIpc) is 2.71. The van der Waals surface area contributed by atoms with E-state index >= 15 is 0 Å². The second-order valence-corrected chi connectivity index (χ2v) is 6.61. The first-order valence-corrected chi connectivity index (χ1v) is 8.14. The first-order chi connectivity index (χ1) is 9.03. The first-order valence-electron chi connectivity index (χ1n) is 8.14. The number of carbonyl (C=O) groups is 1. The highest BCUT2D eigenvalue weighted by Crippen LogP contribution is 2.34. The molecule has 19 heavy (non-hydrogen) atoms. The molecule has 2 aliphatic rings. The molecule has 1 amide bonds. The third-order valence-corrected chi connectivity index (χ3v) is 5.39. The van der Waals surface area contributed by atoms with Gasteiger partial charge in [0.2, 0.25) is 5.91 Å². The zero-order valence-electron chi connectivity index (χ0n) is 13.0. The van der Waals surface area contributed by atoms with Crippen LogP contribution in [-0.4, -0.2) is 28.6 Å². The number of nitrogens with one attached hydrogen (secondary N) is 1. The van der Waals surface area contributed by atoms with Crippen molar-refractivity contribution >= 4 is 5.91 Å². The van der Waals surface area contributed by atoms with Gasteiger partial charge in [-0.15, -0.1) is 0 Å². The molecule has 1 saturated heterocycles. The Morgan fingerprint density at radius 1 is 1.32 bits per heavy atom. The second-order valence-electron chi connectivity index (χ2n) is 6.61. The lowest BCUT2D eigenvalue weighted by atomic mass is 9.83. The summed E-state index contributed by atoms with van der Waals surface area (Å²) in [6, 6.07) is 0.388. The molecule has 1 heterocycles. The topological polar surface area (TPSA) is 32.3 Å². The molecule has 2 fully saturated rings. The predicted molar refractivity (Wildman–Crippen MR) is 78.8 cm³/mol. The summed E-state index contributed by atoms with van der Waals surface area (Å²) in [6.07, 6.45) is 8.75. The van der Waals surface area contributed by atoms with Crippen LogP contribution in [0.5, 0.6) is 0 Å². The largest absolute Gasteiger partial charge is 0.323 e. The molecule has 110 valence electrons. The fourth-order valence-electron chi connectivity index (χ4n) is 3.79. The van der Waals surface area contributed by atoms with Crippen LogP contribution in [0.1, 0.15) is 72.6 Å². The maximum absolute atomic E-state index is 12.8. The molecule has 3 unspecified atom stereocenters. The van der Waals surface area contributed by atoms with E-state index < -0.39 is 0 Å². The summed E-state index contributed by atoms with van der Waals surface area (Å²) in [7, 11) is 0. The van der Waals surface area contributed by atoms with Crippen LogP contribution in [-0.2, 0) is 4.79 Å². The van der Waals surface area contributed by atoms with Gasteiger partial charge in [0.15, 0.2) is 0 Å². The van der Waals surface area contributed by atoms with Crippen molar-refractivity contribution < 1.29 is 4.79 Å². The Morgan fingerprint density at radius 2 is 1.95 bits per heavy atom. The van der Waals surface area contributed by atoms with Crippen molar-refractivity contribution in [3.63, 3.8) is 0 Å². The zero-order valence-corrected chi connectivity index (χ0v) is 13.0. The minimum Gasteiger partial charge on any atom is -0.323 e. The van der Waals surface area contributed by atoms with Crippen molar-refractivity contribution in [2.24, 2.45) is 5.92 Å². The van der Waals surface area contributed by atoms with Gasteiger partial charge in [-0.2, -0.15) is 0 Å². The highest BCUT2D eigenvalue weighted by atomic mass is 16.2. The molecule has 0 spiro atoms. The Balaban J connectivity index is 2.14. The SMILES string of the molecule is CCC1NC(C)(CC)C(=O)N1C(C)C1CCCCC1. The van der Waals surface area contributed by atoms with E-state index in [2.05, 4.69) is 37.9 Å². The summed E-state index contributed by atoms with van der Waals surface area (Å²) in [5.41, 5.74) is -0.344. The standard InChI is InChI=1S/C16H30N2O/c1-5-14-17-16(4,6-2)15(19)18(14)12(3)13-10-8-7-9-11-13/h12-14,17H,5-11H2,1-4H3. The van der Waals surface area contributed by atoms with Gasteiger partial charge < -0.3 is 4.90 Å². The molecule has 0 radical (unpaired) electrons. The normalized spacial score (nSPS) is 34.8. The van der Waals surface area contributed by atoms with E-state index in [0.717, 1.165) is 12.8 Å². The van der Waals surface area contributed by atoms with Crippen LogP contribution in [0.25, 0.3) is 0 Å². The van der Waals surface area contributed by atoms with Crippen LogP contribution < -0.4 is 5.32 Å². The smallest absolute Gasteiger partial charge is 0.244 e. The molecule has 0 bridgehead atoms. The van der Waals surface area contributed by atoms with Gasteiger partial charge in [-0.3, -0.25) is 10.1 Å². The molecule has 1 aliphatic carbocycles. The van der Waals surface area contributed by atoms with Crippen molar-refractivity contribution in [2.45, 2.75) is 90.4 Å². The Bertz CT molecular complexity index is 325. The number of amides is 1. The van der Waals surface area contributed by atoms with Crippen molar-refractivity contribution in [3.8, 4) is 0 Å². The van der Waals surface area contributed by atoms with E-state index in [4.69, 9.17) is 0 Å². The summed E-state index contributed by atoms with van der Waals surface area (Å²) in [6.45, 7) is 8.60.